The Hall–Kier alpha value is -3.45. The molecule has 26 heavy (non-hydrogen) atoms. The highest BCUT2D eigenvalue weighted by atomic mass is 16.7. The molecule has 0 spiro atoms. The Kier molecular flexibility index (Phi) is 4.81. The van der Waals surface area contributed by atoms with E-state index in [1.54, 1.807) is 37.7 Å². The molecule has 0 unspecified atom stereocenters. The van der Waals surface area contributed by atoms with Crippen molar-refractivity contribution < 1.29 is 14.4 Å². The van der Waals surface area contributed by atoms with Crippen molar-refractivity contribution in [2.45, 2.75) is 0 Å². The number of pyridine rings is 1. The van der Waals surface area contributed by atoms with E-state index in [2.05, 4.69) is 9.97 Å². The number of fused-ring (bicyclic) bond motifs is 1. The molecular weight excluding hydrogens is 332 g/mol. The first-order valence-electron chi connectivity index (χ1n) is 7.87. The van der Waals surface area contributed by atoms with Crippen molar-refractivity contribution in [2.24, 2.45) is 5.73 Å². The van der Waals surface area contributed by atoms with Gasteiger partial charge in [-0.15, -0.1) is 0 Å². The van der Waals surface area contributed by atoms with Crippen LogP contribution in [0.2, 0.25) is 0 Å². The SMILES string of the molecule is CON(C)C(=O)c1ccc(-c2cnc3[nH]cc(/C=C/C(N)=O)c3c2)cc1. The Bertz CT molecular complexity index is 990. The van der Waals surface area contributed by atoms with Gasteiger partial charge in [-0.3, -0.25) is 14.4 Å². The fourth-order valence-electron chi connectivity index (χ4n) is 2.56. The van der Waals surface area contributed by atoms with Crippen LogP contribution in [0.3, 0.4) is 0 Å². The van der Waals surface area contributed by atoms with Crippen LogP contribution in [0.25, 0.3) is 28.2 Å². The van der Waals surface area contributed by atoms with Crippen molar-refractivity contribution in [3.05, 3.63) is 59.9 Å². The van der Waals surface area contributed by atoms with E-state index in [0.717, 1.165) is 22.1 Å². The molecule has 3 N–H and O–H groups in total. The van der Waals surface area contributed by atoms with E-state index in [4.69, 9.17) is 10.6 Å². The minimum atomic E-state index is -0.509. The summed E-state index contributed by atoms with van der Waals surface area (Å²) in [4.78, 5) is 35.4. The lowest BCUT2D eigenvalue weighted by molar-refractivity contribution is -0.113. The van der Waals surface area contributed by atoms with Crippen LogP contribution < -0.4 is 5.73 Å². The molecule has 2 amide bonds. The van der Waals surface area contributed by atoms with E-state index in [0.29, 0.717) is 11.2 Å². The lowest BCUT2D eigenvalue weighted by Gasteiger charge is -2.13. The highest BCUT2D eigenvalue weighted by molar-refractivity contribution is 5.96. The minimum Gasteiger partial charge on any atom is -0.366 e. The third-order valence-electron chi connectivity index (χ3n) is 4.02. The second kappa shape index (κ2) is 7.20. The molecule has 7 nitrogen and oxygen atoms in total. The number of rotatable bonds is 5. The maximum absolute atomic E-state index is 12.1. The number of hydrogen-bond acceptors (Lipinski definition) is 4. The zero-order valence-corrected chi connectivity index (χ0v) is 14.4. The van der Waals surface area contributed by atoms with Crippen LogP contribution in [-0.4, -0.2) is 41.0 Å². The molecule has 0 fully saturated rings. The lowest BCUT2D eigenvalue weighted by Crippen LogP contribution is -2.25. The number of nitrogens with one attached hydrogen (secondary N) is 1. The van der Waals surface area contributed by atoms with Gasteiger partial charge < -0.3 is 10.7 Å². The third-order valence-corrected chi connectivity index (χ3v) is 4.02. The highest BCUT2D eigenvalue weighted by Gasteiger charge is 2.11. The van der Waals surface area contributed by atoms with Crippen LogP contribution in [0.4, 0.5) is 0 Å². The van der Waals surface area contributed by atoms with Crippen molar-refractivity contribution >= 4 is 28.9 Å². The number of H-pyrrole nitrogens is 1. The number of carbonyl (C=O) groups is 2. The molecule has 0 bridgehead atoms. The number of aromatic amines is 1. The van der Waals surface area contributed by atoms with Gasteiger partial charge in [0, 0.05) is 47.6 Å². The number of nitrogens with two attached hydrogens (primary N) is 1. The summed E-state index contributed by atoms with van der Waals surface area (Å²) in [6.45, 7) is 0. The van der Waals surface area contributed by atoms with Crippen molar-refractivity contribution in [1.29, 1.82) is 0 Å². The maximum atomic E-state index is 12.1. The summed E-state index contributed by atoms with van der Waals surface area (Å²) in [6, 6.07) is 9.15. The van der Waals surface area contributed by atoms with Gasteiger partial charge in [-0.1, -0.05) is 12.1 Å². The summed E-state index contributed by atoms with van der Waals surface area (Å²) < 4.78 is 0. The number of primary amides is 1. The molecule has 0 aliphatic carbocycles. The summed E-state index contributed by atoms with van der Waals surface area (Å²) in [5.41, 5.74) is 9.03. The van der Waals surface area contributed by atoms with Gasteiger partial charge in [0.2, 0.25) is 5.91 Å². The number of hydrogen-bond donors (Lipinski definition) is 2. The maximum Gasteiger partial charge on any atom is 0.277 e. The molecule has 0 aliphatic heterocycles. The van der Waals surface area contributed by atoms with Gasteiger partial charge in [-0.25, -0.2) is 10.0 Å². The predicted molar refractivity (Wildman–Crippen MR) is 98.9 cm³/mol. The smallest absolute Gasteiger partial charge is 0.277 e. The fraction of sp³-hybridized carbons (Fsp3) is 0.105. The van der Waals surface area contributed by atoms with Gasteiger partial charge >= 0.3 is 0 Å². The highest BCUT2D eigenvalue weighted by Crippen LogP contribution is 2.25. The first kappa shape index (κ1) is 17.4. The molecule has 2 heterocycles. The molecule has 0 aliphatic rings. The van der Waals surface area contributed by atoms with E-state index in [1.807, 2.05) is 18.2 Å². The van der Waals surface area contributed by atoms with Crippen LogP contribution in [0.1, 0.15) is 15.9 Å². The number of nitrogens with zero attached hydrogens (tertiary/aromatic N) is 2. The Morgan fingerprint density at radius 2 is 1.96 bits per heavy atom. The van der Waals surface area contributed by atoms with Crippen LogP contribution in [0, 0.1) is 0 Å². The molecular formula is C19H18N4O3. The van der Waals surface area contributed by atoms with Gasteiger partial charge in [0.25, 0.3) is 5.91 Å². The molecule has 0 saturated carbocycles. The molecule has 132 valence electrons. The Morgan fingerprint density at radius 3 is 2.62 bits per heavy atom. The number of hydroxylamine groups is 2. The Balaban J connectivity index is 1.94. The van der Waals surface area contributed by atoms with Gasteiger partial charge in [-0.05, 0) is 29.8 Å². The summed E-state index contributed by atoms with van der Waals surface area (Å²) in [5, 5.41) is 2.04. The molecule has 3 rings (SSSR count). The fourth-order valence-corrected chi connectivity index (χ4v) is 2.56. The Labute approximate surface area is 150 Å². The van der Waals surface area contributed by atoms with Crippen molar-refractivity contribution in [2.75, 3.05) is 14.2 Å². The zero-order valence-electron chi connectivity index (χ0n) is 14.4. The predicted octanol–water partition coefficient (Wildman–Crippen LogP) is 2.36. The summed E-state index contributed by atoms with van der Waals surface area (Å²) in [6.07, 6.45) is 6.47. The minimum absolute atomic E-state index is 0.225. The van der Waals surface area contributed by atoms with E-state index in [-0.39, 0.29) is 5.91 Å². The van der Waals surface area contributed by atoms with E-state index < -0.39 is 5.91 Å². The number of benzene rings is 1. The average Bonchev–Trinajstić information content (AvgIpc) is 3.07. The molecule has 3 aromatic rings. The third kappa shape index (κ3) is 3.47. The van der Waals surface area contributed by atoms with E-state index >= 15 is 0 Å². The zero-order chi connectivity index (χ0) is 18.7. The largest absolute Gasteiger partial charge is 0.366 e. The first-order valence-corrected chi connectivity index (χ1v) is 7.87. The van der Waals surface area contributed by atoms with Gasteiger partial charge in [0.05, 0.1) is 7.11 Å². The second-order valence-corrected chi connectivity index (χ2v) is 5.66. The standard InChI is InChI=1S/C19H18N4O3/c1-23(26-2)19(25)13-5-3-12(4-6-13)15-9-16-14(7-8-17(20)24)10-21-18(16)22-11-15/h3-11H,1-2H3,(H2,20,24)(H,21,22)/b8-7+. The average molecular weight is 350 g/mol. The number of carbonyl (C=O) groups excluding carboxylic acids is 2. The molecule has 0 radical (unpaired) electrons. The van der Waals surface area contributed by atoms with E-state index in [1.165, 1.54) is 18.2 Å². The molecule has 2 aromatic heterocycles. The van der Waals surface area contributed by atoms with Crippen LogP contribution in [-0.2, 0) is 9.63 Å². The van der Waals surface area contributed by atoms with Crippen molar-refractivity contribution in [1.82, 2.24) is 15.0 Å². The van der Waals surface area contributed by atoms with E-state index in [9.17, 15) is 9.59 Å². The van der Waals surface area contributed by atoms with Gasteiger partial charge in [0.1, 0.15) is 5.65 Å². The second-order valence-electron chi connectivity index (χ2n) is 5.66. The molecule has 0 saturated heterocycles. The first-order chi connectivity index (χ1) is 12.5. The quantitative estimate of drug-likeness (QED) is 0.545. The normalized spacial score (nSPS) is 11.2. The van der Waals surface area contributed by atoms with Gasteiger partial charge in [-0.2, -0.15) is 0 Å². The van der Waals surface area contributed by atoms with Gasteiger partial charge in [0.15, 0.2) is 0 Å². The molecule has 0 atom stereocenters. The van der Waals surface area contributed by atoms with Crippen LogP contribution >= 0.6 is 0 Å². The lowest BCUT2D eigenvalue weighted by atomic mass is 10.0. The summed E-state index contributed by atoms with van der Waals surface area (Å²) >= 11 is 0. The number of aromatic nitrogens is 2. The van der Waals surface area contributed by atoms with Crippen LogP contribution in [0.15, 0.2) is 48.8 Å². The number of amides is 2. The van der Waals surface area contributed by atoms with Crippen LogP contribution in [0.5, 0.6) is 0 Å². The van der Waals surface area contributed by atoms with Crippen molar-refractivity contribution in [3.8, 4) is 11.1 Å². The topological polar surface area (TPSA) is 101 Å². The molecule has 7 heteroatoms. The summed E-state index contributed by atoms with van der Waals surface area (Å²) in [7, 11) is 3.00. The monoisotopic (exact) mass is 350 g/mol. The van der Waals surface area contributed by atoms with Crippen molar-refractivity contribution in [3.63, 3.8) is 0 Å². The summed E-state index contributed by atoms with van der Waals surface area (Å²) in [5.74, 6) is -0.734. The Morgan fingerprint density at radius 1 is 1.23 bits per heavy atom. The molecule has 1 aromatic carbocycles.